The number of piperidine rings is 1. The molecule has 1 heterocycles. The van der Waals surface area contributed by atoms with Crippen LogP contribution in [0.1, 0.15) is 36.5 Å². The average molecular weight is 452 g/mol. The maximum absolute atomic E-state index is 13.7. The van der Waals surface area contributed by atoms with Gasteiger partial charge in [0.05, 0.1) is 16.1 Å². The number of carbonyl (C=O) groups excluding carboxylic acids is 2. The maximum atomic E-state index is 13.7. The highest BCUT2D eigenvalue weighted by Gasteiger charge is 2.27. The zero-order chi connectivity index (χ0) is 22.6. The normalized spacial score (nSPS) is 15.8. The van der Waals surface area contributed by atoms with E-state index in [9.17, 15) is 26.8 Å². The van der Waals surface area contributed by atoms with Gasteiger partial charge in [-0.15, -0.1) is 0 Å². The Bertz CT molecular complexity index is 1080. The molecule has 0 aliphatic carbocycles. The fraction of sp³-hybridized carbons (Fsp3) is 0.333. The number of anilines is 1. The lowest BCUT2D eigenvalue weighted by atomic mass is 10.2. The lowest BCUT2D eigenvalue weighted by Gasteiger charge is -2.26. The molecule has 1 fully saturated rings. The van der Waals surface area contributed by atoms with Crippen LogP contribution in [0.2, 0.25) is 0 Å². The molecule has 1 saturated heterocycles. The van der Waals surface area contributed by atoms with E-state index in [-0.39, 0.29) is 16.1 Å². The summed E-state index contributed by atoms with van der Waals surface area (Å²) >= 11 is 0. The minimum absolute atomic E-state index is 0.0330. The quantitative estimate of drug-likeness (QED) is 0.679. The Morgan fingerprint density at radius 1 is 1.06 bits per heavy atom. The van der Waals surface area contributed by atoms with Gasteiger partial charge in [0.15, 0.2) is 6.10 Å². The molecule has 0 aromatic heterocycles. The summed E-state index contributed by atoms with van der Waals surface area (Å²) in [7, 11) is -3.74. The van der Waals surface area contributed by atoms with E-state index < -0.39 is 39.6 Å². The minimum Gasteiger partial charge on any atom is -0.449 e. The molecular formula is C21H22F2N2O5S. The highest BCUT2D eigenvalue weighted by atomic mass is 32.2. The summed E-state index contributed by atoms with van der Waals surface area (Å²) in [4.78, 5) is 24.6. The summed E-state index contributed by atoms with van der Waals surface area (Å²) < 4.78 is 58.7. The molecule has 10 heteroatoms. The molecular weight excluding hydrogens is 430 g/mol. The summed E-state index contributed by atoms with van der Waals surface area (Å²) in [6.07, 6.45) is 1.23. The number of hydrogen-bond acceptors (Lipinski definition) is 5. The second-order valence-electron chi connectivity index (χ2n) is 7.15. The Labute approximate surface area is 179 Å². The highest BCUT2D eigenvalue weighted by Crippen LogP contribution is 2.22. The van der Waals surface area contributed by atoms with Gasteiger partial charge in [-0.1, -0.05) is 12.5 Å². The van der Waals surface area contributed by atoms with Crippen LogP contribution in [0.15, 0.2) is 47.4 Å². The SMILES string of the molecule is CC(OC(=O)c1cccc(S(=O)(=O)N2CCCCC2)c1)C(=O)Nc1ccc(F)cc1F. The third-order valence-electron chi connectivity index (χ3n) is 4.86. The Kier molecular flexibility index (Phi) is 7.01. The van der Waals surface area contributed by atoms with Crippen LogP contribution in [-0.2, 0) is 19.6 Å². The molecule has 7 nitrogen and oxygen atoms in total. The van der Waals surface area contributed by atoms with E-state index in [4.69, 9.17) is 4.74 Å². The first-order valence-electron chi connectivity index (χ1n) is 9.75. The number of halogens is 2. The average Bonchev–Trinajstić information content (AvgIpc) is 2.76. The molecule has 3 rings (SSSR count). The van der Waals surface area contributed by atoms with Crippen molar-refractivity contribution in [2.75, 3.05) is 18.4 Å². The largest absolute Gasteiger partial charge is 0.449 e. The fourth-order valence-electron chi connectivity index (χ4n) is 3.15. The second kappa shape index (κ2) is 9.52. The van der Waals surface area contributed by atoms with Crippen LogP contribution in [0.25, 0.3) is 0 Å². The molecule has 1 amide bonds. The van der Waals surface area contributed by atoms with Gasteiger partial charge >= 0.3 is 5.97 Å². The summed E-state index contributed by atoms with van der Waals surface area (Å²) in [5.74, 6) is -3.49. The lowest BCUT2D eigenvalue weighted by Crippen LogP contribution is -2.35. The summed E-state index contributed by atoms with van der Waals surface area (Å²) in [5.41, 5.74) is -0.297. The van der Waals surface area contributed by atoms with Crippen molar-refractivity contribution in [1.82, 2.24) is 4.31 Å². The molecule has 1 N–H and O–H groups in total. The number of ether oxygens (including phenoxy) is 1. The molecule has 0 spiro atoms. The predicted octanol–water partition coefficient (Wildman–Crippen LogP) is 3.32. The smallest absolute Gasteiger partial charge is 0.338 e. The Morgan fingerprint density at radius 3 is 2.45 bits per heavy atom. The molecule has 1 unspecified atom stereocenters. The van der Waals surface area contributed by atoms with Crippen LogP contribution in [0.4, 0.5) is 14.5 Å². The van der Waals surface area contributed by atoms with Gasteiger partial charge in [-0.25, -0.2) is 22.0 Å². The number of hydrogen-bond donors (Lipinski definition) is 1. The van der Waals surface area contributed by atoms with Crippen molar-refractivity contribution in [3.05, 3.63) is 59.7 Å². The highest BCUT2D eigenvalue weighted by molar-refractivity contribution is 7.89. The van der Waals surface area contributed by atoms with Crippen LogP contribution in [-0.4, -0.2) is 43.8 Å². The van der Waals surface area contributed by atoms with E-state index in [2.05, 4.69) is 5.32 Å². The Balaban J connectivity index is 1.68. The number of sulfonamides is 1. The van der Waals surface area contributed by atoms with E-state index in [1.54, 1.807) is 0 Å². The maximum Gasteiger partial charge on any atom is 0.338 e. The fourth-order valence-corrected chi connectivity index (χ4v) is 4.71. The molecule has 2 aromatic carbocycles. The summed E-state index contributed by atoms with van der Waals surface area (Å²) in [5, 5.41) is 2.21. The number of carbonyl (C=O) groups is 2. The molecule has 1 aliphatic heterocycles. The molecule has 0 radical (unpaired) electrons. The van der Waals surface area contributed by atoms with Crippen molar-refractivity contribution in [2.24, 2.45) is 0 Å². The molecule has 1 atom stereocenters. The van der Waals surface area contributed by atoms with Crippen molar-refractivity contribution in [2.45, 2.75) is 37.2 Å². The van der Waals surface area contributed by atoms with E-state index in [1.165, 1.54) is 35.5 Å². The van der Waals surface area contributed by atoms with Crippen LogP contribution in [0.5, 0.6) is 0 Å². The Hall–Kier alpha value is -2.85. The molecule has 166 valence electrons. The summed E-state index contributed by atoms with van der Waals surface area (Å²) in [6.45, 7) is 2.13. The zero-order valence-electron chi connectivity index (χ0n) is 16.8. The number of nitrogens with one attached hydrogen (secondary N) is 1. The van der Waals surface area contributed by atoms with Crippen molar-refractivity contribution in [3.8, 4) is 0 Å². The lowest BCUT2D eigenvalue weighted by molar-refractivity contribution is -0.123. The van der Waals surface area contributed by atoms with Crippen LogP contribution < -0.4 is 5.32 Å². The number of rotatable bonds is 6. The number of benzene rings is 2. The van der Waals surface area contributed by atoms with Crippen molar-refractivity contribution in [1.29, 1.82) is 0 Å². The van der Waals surface area contributed by atoms with E-state index >= 15 is 0 Å². The van der Waals surface area contributed by atoms with Gasteiger partial charge < -0.3 is 10.1 Å². The van der Waals surface area contributed by atoms with Crippen molar-refractivity contribution < 1.29 is 31.5 Å². The third kappa shape index (κ3) is 5.45. The first-order chi connectivity index (χ1) is 14.7. The number of amides is 1. The number of esters is 1. The Morgan fingerprint density at radius 2 is 1.77 bits per heavy atom. The monoisotopic (exact) mass is 452 g/mol. The third-order valence-corrected chi connectivity index (χ3v) is 6.76. The van der Waals surface area contributed by atoms with E-state index in [0.717, 1.165) is 31.4 Å². The molecule has 2 aromatic rings. The number of nitrogens with zero attached hydrogens (tertiary/aromatic N) is 1. The summed E-state index contributed by atoms with van der Waals surface area (Å²) in [6, 6.07) is 8.04. The van der Waals surface area contributed by atoms with Crippen LogP contribution in [0, 0.1) is 11.6 Å². The molecule has 31 heavy (non-hydrogen) atoms. The van der Waals surface area contributed by atoms with Gasteiger partial charge in [-0.3, -0.25) is 4.79 Å². The van der Waals surface area contributed by atoms with Crippen LogP contribution in [0.3, 0.4) is 0 Å². The molecule has 0 bridgehead atoms. The molecule has 1 aliphatic rings. The van der Waals surface area contributed by atoms with Gasteiger partial charge in [0, 0.05) is 19.2 Å². The molecule has 0 saturated carbocycles. The van der Waals surface area contributed by atoms with Gasteiger partial charge in [0.1, 0.15) is 11.6 Å². The van der Waals surface area contributed by atoms with Gasteiger partial charge in [-0.2, -0.15) is 4.31 Å². The van der Waals surface area contributed by atoms with Gasteiger partial charge in [0.2, 0.25) is 10.0 Å². The van der Waals surface area contributed by atoms with Crippen molar-refractivity contribution in [3.63, 3.8) is 0 Å². The predicted molar refractivity (Wildman–Crippen MR) is 109 cm³/mol. The zero-order valence-corrected chi connectivity index (χ0v) is 17.6. The first kappa shape index (κ1) is 22.8. The van der Waals surface area contributed by atoms with E-state index in [1.807, 2.05) is 0 Å². The van der Waals surface area contributed by atoms with Crippen LogP contribution >= 0.6 is 0 Å². The first-order valence-corrected chi connectivity index (χ1v) is 11.2. The topological polar surface area (TPSA) is 92.8 Å². The second-order valence-corrected chi connectivity index (χ2v) is 9.09. The van der Waals surface area contributed by atoms with E-state index in [0.29, 0.717) is 19.2 Å². The van der Waals surface area contributed by atoms with Gasteiger partial charge in [0.25, 0.3) is 5.91 Å². The standard InChI is InChI=1S/C21H22F2N2O5S/c1-14(20(26)24-19-9-8-16(22)13-18(19)23)30-21(27)15-6-5-7-17(12-15)31(28,29)25-10-3-2-4-11-25/h5-9,12-14H,2-4,10-11H2,1H3,(H,24,26). The van der Waals surface area contributed by atoms with Gasteiger partial charge in [-0.05, 0) is 50.1 Å². The van der Waals surface area contributed by atoms with Crippen molar-refractivity contribution >= 4 is 27.6 Å². The minimum atomic E-state index is -3.74.